The van der Waals surface area contributed by atoms with Crippen molar-refractivity contribution in [3.63, 3.8) is 0 Å². The molecule has 1 aromatic rings. The topological polar surface area (TPSA) is 94.3 Å². The van der Waals surface area contributed by atoms with Crippen LogP contribution in [0.1, 0.15) is 39.0 Å². The lowest BCUT2D eigenvalue weighted by molar-refractivity contribution is -0.138. The van der Waals surface area contributed by atoms with Gasteiger partial charge < -0.3 is 15.2 Å². The highest BCUT2D eigenvalue weighted by molar-refractivity contribution is 7.95. The maximum absolute atomic E-state index is 12.1. The minimum absolute atomic E-state index is 0.139. The van der Waals surface area contributed by atoms with Crippen LogP contribution in [0.25, 0.3) is 0 Å². The van der Waals surface area contributed by atoms with Crippen LogP contribution in [0.2, 0.25) is 0 Å². The summed E-state index contributed by atoms with van der Waals surface area (Å²) in [6, 6.07) is 4.70. The molecular weight excluding hydrogens is 302 g/mol. The Morgan fingerprint density at radius 1 is 1.41 bits per heavy atom. The summed E-state index contributed by atoms with van der Waals surface area (Å²) in [5.74, 6) is -0.600. The summed E-state index contributed by atoms with van der Waals surface area (Å²) in [5, 5.41) is 3.32. The third-order valence-electron chi connectivity index (χ3n) is 2.89. The Bertz CT molecular complexity index is 457. The van der Waals surface area contributed by atoms with E-state index in [0.717, 1.165) is 31.3 Å². The van der Waals surface area contributed by atoms with Crippen molar-refractivity contribution in [1.82, 2.24) is 10.3 Å². The van der Waals surface area contributed by atoms with Gasteiger partial charge in [-0.25, -0.2) is 9.78 Å². The lowest BCUT2D eigenvalue weighted by atomic mass is 10.1. The number of hydrogen-bond donors (Lipinski definition) is 2. The van der Waals surface area contributed by atoms with Gasteiger partial charge in [0.05, 0.1) is 0 Å². The lowest BCUT2D eigenvalue weighted by Gasteiger charge is -2.16. The van der Waals surface area contributed by atoms with E-state index in [-0.39, 0.29) is 5.91 Å². The molecule has 6 nitrogen and oxygen atoms in total. The number of unbranched alkanes of at least 4 members (excludes halogenated alkanes) is 1. The van der Waals surface area contributed by atoms with Crippen LogP contribution in [0, 0.1) is 0 Å². The number of rotatable bonds is 10. The van der Waals surface area contributed by atoms with Crippen LogP contribution >= 0.6 is 12.0 Å². The van der Waals surface area contributed by atoms with Crippen LogP contribution < -0.4 is 11.1 Å². The quantitative estimate of drug-likeness (QED) is 0.505. The Morgan fingerprint density at radius 2 is 2.23 bits per heavy atom. The van der Waals surface area contributed by atoms with E-state index in [1.807, 2.05) is 13.0 Å². The Hall–Kier alpha value is -1.60. The van der Waals surface area contributed by atoms with Crippen molar-refractivity contribution < 1.29 is 13.8 Å². The molecule has 0 aliphatic heterocycles. The average Bonchev–Trinajstić information content (AvgIpc) is 2.53. The lowest BCUT2D eigenvalue weighted by Crippen LogP contribution is -2.41. The number of hydrogen-bond acceptors (Lipinski definition) is 6. The zero-order valence-electron chi connectivity index (χ0n) is 12.8. The molecule has 0 saturated heterocycles. The number of pyridine rings is 1. The van der Waals surface area contributed by atoms with Crippen molar-refractivity contribution >= 4 is 23.9 Å². The SMILES string of the molecule is CCCC(=O)N[C@@H](CCCCN)C(=O)OSc1ccccn1. The highest BCUT2D eigenvalue weighted by Crippen LogP contribution is 2.17. The molecule has 0 aromatic carbocycles. The van der Waals surface area contributed by atoms with Crippen molar-refractivity contribution in [1.29, 1.82) is 0 Å². The van der Waals surface area contributed by atoms with Crippen molar-refractivity contribution in [2.24, 2.45) is 5.73 Å². The van der Waals surface area contributed by atoms with Gasteiger partial charge in [-0.15, -0.1) is 0 Å². The van der Waals surface area contributed by atoms with Gasteiger partial charge in [0.25, 0.3) is 0 Å². The zero-order chi connectivity index (χ0) is 16.2. The second-order valence-electron chi connectivity index (χ2n) is 4.81. The largest absolute Gasteiger partial charge is 0.383 e. The van der Waals surface area contributed by atoms with Crippen LogP contribution in [-0.2, 0) is 13.8 Å². The number of amides is 1. The Kier molecular flexibility index (Phi) is 9.25. The van der Waals surface area contributed by atoms with Gasteiger partial charge in [-0.1, -0.05) is 13.0 Å². The maximum atomic E-state index is 12.1. The van der Waals surface area contributed by atoms with Crippen molar-refractivity contribution in [2.45, 2.75) is 50.1 Å². The monoisotopic (exact) mass is 325 g/mol. The minimum atomic E-state index is -0.637. The molecule has 0 bridgehead atoms. The van der Waals surface area contributed by atoms with Gasteiger partial charge in [-0.3, -0.25) is 4.79 Å². The molecule has 22 heavy (non-hydrogen) atoms. The first-order valence-corrected chi connectivity index (χ1v) is 8.20. The number of nitrogens with two attached hydrogens (primary N) is 1. The molecule has 0 spiro atoms. The Labute approximate surface area is 135 Å². The molecule has 7 heteroatoms. The van der Waals surface area contributed by atoms with Gasteiger partial charge in [0.1, 0.15) is 23.1 Å². The molecule has 122 valence electrons. The van der Waals surface area contributed by atoms with Gasteiger partial charge >= 0.3 is 5.97 Å². The molecule has 1 atom stereocenters. The molecule has 0 aliphatic carbocycles. The fourth-order valence-corrected chi connectivity index (χ4v) is 2.30. The minimum Gasteiger partial charge on any atom is -0.383 e. The number of carbonyl (C=O) groups is 2. The Balaban J connectivity index is 2.51. The third kappa shape index (κ3) is 7.42. The second-order valence-corrected chi connectivity index (χ2v) is 5.56. The fraction of sp³-hybridized carbons (Fsp3) is 0.533. The molecule has 1 heterocycles. The van der Waals surface area contributed by atoms with Gasteiger partial charge in [0.2, 0.25) is 5.91 Å². The van der Waals surface area contributed by atoms with Crippen LogP contribution in [0.3, 0.4) is 0 Å². The molecule has 1 rings (SSSR count). The van der Waals surface area contributed by atoms with Crippen LogP contribution in [0.15, 0.2) is 29.4 Å². The van der Waals surface area contributed by atoms with Crippen LogP contribution in [-0.4, -0.2) is 29.4 Å². The summed E-state index contributed by atoms with van der Waals surface area (Å²) in [5.41, 5.74) is 5.46. The summed E-state index contributed by atoms with van der Waals surface area (Å²) in [7, 11) is 0. The number of aromatic nitrogens is 1. The molecule has 3 N–H and O–H groups in total. The van der Waals surface area contributed by atoms with E-state index in [1.54, 1.807) is 18.3 Å². The van der Waals surface area contributed by atoms with E-state index >= 15 is 0 Å². The molecule has 0 aliphatic rings. The van der Waals surface area contributed by atoms with E-state index < -0.39 is 12.0 Å². The van der Waals surface area contributed by atoms with E-state index in [9.17, 15) is 9.59 Å². The maximum Gasteiger partial charge on any atom is 0.341 e. The zero-order valence-corrected chi connectivity index (χ0v) is 13.6. The third-order valence-corrected chi connectivity index (χ3v) is 3.55. The molecule has 0 saturated carbocycles. The normalized spacial score (nSPS) is 11.7. The predicted octanol–water partition coefficient (Wildman–Crippen LogP) is 2.05. The first kappa shape index (κ1) is 18.4. The van der Waals surface area contributed by atoms with Gasteiger partial charge in [0.15, 0.2) is 0 Å². The molecule has 1 aromatic heterocycles. The van der Waals surface area contributed by atoms with Crippen molar-refractivity contribution in [3.05, 3.63) is 24.4 Å². The van der Waals surface area contributed by atoms with Gasteiger partial charge in [0, 0.05) is 12.6 Å². The van der Waals surface area contributed by atoms with Gasteiger partial charge in [-0.05, 0) is 44.4 Å². The number of nitrogens with one attached hydrogen (secondary N) is 1. The first-order chi connectivity index (χ1) is 10.7. The molecular formula is C15H23N3O3S. The van der Waals surface area contributed by atoms with Crippen LogP contribution in [0.4, 0.5) is 0 Å². The van der Waals surface area contributed by atoms with E-state index in [1.165, 1.54) is 0 Å². The summed E-state index contributed by atoms with van der Waals surface area (Å²) in [6.45, 7) is 2.48. The summed E-state index contributed by atoms with van der Waals surface area (Å²) in [6.07, 6.45) is 4.84. The predicted molar refractivity (Wildman–Crippen MR) is 85.9 cm³/mol. The standard InChI is InChI=1S/C15H23N3O3S/c1-2-7-13(19)18-12(8-3-5-10-16)15(20)21-22-14-9-4-6-11-17-14/h4,6,9,11-12H,2-3,5,7-8,10,16H2,1H3,(H,18,19)/t12-/m0/s1. The van der Waals surface area contributed by atoms with Crippen molar-refractivity contribution in [2.75, 3.05) is 6.54 Å². The molecule has 0 radical (unpaired) electrons. The fourth-order valence-electron chi connectivity index (χ4n) is 1.77. The summed E-state index contributed by atoms with van der Waals surface area (Å²) >= 11 is 0.900. The molecule has 0 unspecified atom stereocenters. The smallest absolute Gasteiger partial charge is 0.341 e. The van der Waals surface area contributed by atoms with E-state index in [0.29, 0.717) is 24.4 Å². The van der Waals surface area contributed by atoms with E-state index in [4.69, 9.17) is 9.92 Å². The molecule has 1 amide bonds. The number of nitrogens with zero attached hydrogens (tertiary/aromatic N) is 1. The summed E-state index contributed by atoms with van der Waals surface area (Å²) in [4.78, 5) is 27.9. The highest BCUT2D eigenvalue weighted by Gasteiger charge is 2.22. The molecule has 0 fully saturated rings. The number of carbonyl (C=O) groups excluding carboxylic acids is 2. The van der Waals surface area contributed by atoms with Crippen LogP contribution in [0.5, 0.6) is 0 Å². The highest BCUT2D eigenvalue weighted by atomic mass is 32.2. The summed E-state index contributed by atoms with van der Waals surface area (Å²) < 4.78 is 5.17. The van der Waals surface area contributed by atoms with Crippen molar-refractivity contribution in [3.8, 4) is 0 Å². The van der Waals surface area contributed by atoms with E-state index in [2.05, 4.69) is 10.3 Å². The average molecular weight is 325 g/mol. The second kappa shape index (κ2) is 11.0. The Morgan fingerprint density at radius 3 is 2.86 bits per heavy atom. The van der Waals surface area contributed by atoms with Gasteiger partial charge in [-0.2, -0.15) is 0 Å². The first-order valence-electron chi connectivity index (χ1n) is 7.46.